The summed E-state index contributed by atoms with van der Waals surface area (Å²) in [7, 11) is 0. The zero-order chi connectivity index (χ0) is 16.5. The molecule has 9 nitrogen and oxygen atoms in total. The van der Waals surface area contributed by atoms with Crippen molar-refractivity contribution in [2.75, 3.05) is 6.54 Å². The molecular formula is C13H20N4O5. The molecule has 2 unspecified atom stereocenters. The molecule has 0 fully saturated rings. The molecule has 1 aromatic heterocycles. The second kappa shape index (κ2) is 8.78. The Kier molecular flexibility index (Phi) is 7.03. The van der Waals surface area contributed by atoms with Crippen molar-refractivity contribution >= 4 is 17.8 Å². The highest BCUT2D eigenvalue weighted by Gasteiger charge is 2.25. The minimum Gasteiger partial charge on any atom is -0.426 e. The topological polar surface area (TPSA) is 136 Å². The minimum atomic E-state index is -1.04. The van der Waals surface area contributed by atoms with E-state index in [1.807, 2.05) is 0 Å². The van der Waals surface area contributed by atoms with Gasteiger partial charge in [0.1, 0.15) is 6.04 Å². The molecule has 0 spiro atoms. The summed E-state index contributed by atoms with van der Waals surface area (Å²) in [6.07, 6.45) is 2.21. The lowest BCUT2D eigenvalue weighted by atomic mass is 10.1. The number of nitrogens with one attached hydrogen (secondary N) is 2. The van der Waals surface area contributed by atoms with Gasteiger partial charge in [-0.3, -0.25) is 9.59 Å². The maximum Gasteiger partial charge on any atom is 0.332 e. The van der Waals surface area contributed by atoms with Gasteiger partial charge in [-0.25, -0.2) is 9.78 Å². The molecule has 1 aromatic rings. The number of hydrogen-bond donors (Lipinski definition) is 3. The number of carbonyl (C=O) groups is 3. The fraction of sp³-hybridized carbons (Fsp3) is 0.538. The predicted molar refractivity (Wildman–Crippen MR) is 75.2 cm³/mol. The first-order chi connectivity index (χ1) is 10.4. The van der Waals surface area contributed by atoms with Gasteiger partial charge >= 0.3 is 11.9 Å². The van der Waals surface area contributed by atoms with E-state index in [0.717, 1.165) is 0 Å². The maximum absolute atomic E-state index is 12.1. The van der Waals surface area contributed by atoms with Crippen molar-refractivity contribution in [3.63, 3.8) is 0 Å². The third-order valence-corrected chi connectivity index (χ3v) is 2.58. The van der Waals surface area contributed by atoms with Crippen molar-refractivity contribution in [1.29, 1.82) is 0 Å². The number of carbonyl (C=O) groups excluding carboxylic acids is 3. The fourth-order valence-corrected chi connectivity index (χ4v) is 1.71. The van der Waals surface area contributed by atoms with E-state index in [0.29, 0.717) is 5.69 Å². The number of esters is 2. The molecule has 1 rings (SSSR count). The molecule has 122 valence electrons. The second-order valence-corrected chi connectivity index (χ2v) is 4.55. The molecule has 0 aliphatic rings. The Balaban J connectivity index is 2.68. The van der Waals surface area contributed by atoms with Crippen LogP contribution in [0, 0.1) is 0 Å². The number of nitrogens with zero attached hydrogens (tertiary/aromatic N) is 1. The van der Waals surface area contributed by atoms with Crippen LogP contribution in [-0.4, -0.2) is 46.7 Å². The van der Waals surface area contributed by atoms with Crippen LogP contribution >= 0.6 is 0 Å². The number of nitrogens with two attached hydrogens (primary N) is 1. The van der Waals surface area contributed by atoms with Crippen molar-refractivity contribution in [3.8, 4) is 0 Å². The Labute approximate surface area is 127 Å². The van der Waals surface area contributed by atoms with Crippen molar-refractivity contribution in [1.82, 2.24) is 15.3 Å². The summed E-state index contributed by atoms with van der Waals surface area (Å²) in [4.78, 5) is 41.2. The van der Waals surface area contributed by atoms with E-state index in [4.69, 9.17) is 15.2 Å². The summed E-state index contributed by atoms with van der Waals surface area (Å²) in [5, 5.41) is 2.53. The van der Waals surface area contributed by atoms with Crippen LogP contribution in [0.1, 0.15) is 26.0 Å². The smallest absolute Gasteiger partial charge is 0.332 e. The molecular weight excluding hydrogens is 292 g/mol. The van der Waals surface area contributed by atoms with E-state index in [1.54, 1.807) is 0 Å². The molecule has 4 N–H and O–H groups in total. The van der Waals surface area contributed by atoms with E-state index in [1.165, 1.54) is 26.4 Å². The van der Waals surface area contributed by atoms with Gasteiger partial charge < -0.3 is 25.5 Å². The van der Waals surface area contributed by atoms with E-state index < -0.39 is 24.3 Å². The third-order valence-electron chi connectivity index (χ3n) is 2.58. The van der Waals surface area contributed by atoms with Gasteiger partial charge in [0.2, 0.25) is 12.2 Å². The number of rotatable bonds is 8. The SMILES string of the molecule is CC(=O)OC(C)OC(=O)C(Cc1cnc[nH]1)NC(=O)CCN. The van der Waals surface area contributed by atoms with Crippen molar-refractivity contribution < 1.29 is 23.9 Å². The van der Waals surface area contributed by atoms with Gasteiger partial charge in [0, 0.05) is 45.1 Å². The number of amides is 1. The monoisotopic (exact) mass is 312 g/mol. The Morgan fingerprint density at radius 1 is 1.41 bits per heavy atom. The molecule has 0 radical (unpaired) electrons. The second-order valence-electron chi connectivity index (χ2n) is 4.55. The minimum absolute atomic E-state index is 0.0895. The van der Waals surface area contributed by atoms with Crippen LogP contribution in [0.4, 0.5) is 0 Å². The maximum atomic E-state index is 12.1. The van der Waals surface area contributed by atoms with E-state index in [9.17, 15) is 14.4 Å². The van der Waals surface area contributed by atoms with Gasteiger partial charge in [-0.05, 0) is 0 Å². The van der Waals surface area contributed by atoms with Gasteiger partial charge in [-0.15, -0.1) is 0 Å². The summed E-state index contributed by atoms with van der Waals surface area (Å²) in [5.41, 5.74) is 5.95. The van der Waals surface area contributed by atoms with Gasteiger partial charge in [-0.2, -0.15) is 0 Å². The molecule has 1 heterocycles. The molecule has 0 aromatic carbocycles. The Bertz CT molecular complexity index is 503. The molecule has 22 heavy (non-hydrogen) atoms. The lowest BCUT2D eigenvalue weighted by molar-refractivity contribution is -0.184. The number of H-pyrrole nitrogens is 1. The summed E-state index contributed by atoms with van der Waals surface area (Å²) in [6, 6.07) is -0.933. The quantitative estimate of drug-likeness (QED) is 0.424. The number of imidazole rings is 1. The zero-order valence-corrected chi connectivity index (χ0v) is 12.5. The third kappa shape index (κ3) is 6.35. The first-order valence-corrected chi connectivity index (χ1v) is 6.76. The fourth-order valence-electron chi connectivity index (χ4n) is 1.71. The first kappa shape index (κ1) is 17.6. The molecule has 0 saturated carbocycles. The highest BCUT2D eigenvalue weighted by atomic mass is 16.7. The Morgan fingerprint density at radius 2 is 2.14 bits per heavy atom. The lowest BCUT2D eigenvalue weighted by Gasteiger charge is -2.19. The van der Waals surface area contributed by atoms with Crippen LogP contribution in [-0.2, 0) is 30.3 Å². The first-order valence-electron chi connectivity index (χ1n) is 6.76. The average molecular weight is 312 g/mol. The average Bonchev–Trinajstić information content (AvgIpc) is 2.90. The van der Waals surface area contributed by atoms with E-state index in [-0.39, 0.29) is 25.3 Å². The van der Waals surface area contributed by atoms with Gasteiger partial charge in [0.15, 0.2) is 0 Å². The molecule has 1 amide bonds. The van der Waals surface area contributed by atoms with Crippen LogP contribution in [0.3, 0.4) is 0 Å². The van der Waals surface area contributed by atoms with Gasteiger partial charge in [-0.1, -0.05) is 0 Å². The van der Waals surface area contributed by atoms with Crippen molar-refractivity contribution in [2.45, 2.75) is 39.0 Å². The summed E-state index contributed by atoms with van der Waals surface area (Å²) in [5.74, 6) is -1.66. The summed E-state index contributed by atoms with van der Waals surface area (Å²) < 4.78 is 9.71. The van der Waals surface area contributed by atoms with Crippen molar-refractivity contribution in [2.24, 2.45) is 5.73 Å². The van der Waals surface area contributed by atoms with Crippen molar-refractivity contribution in [3.05, 3.63) is 18.2 Å². The molecule has 0 aliphatic carbocycles. The van der Waals surface area contributed by atoms with E-state index in [2.05, 4.69) is 15.3 Å². The standard InChI is InChI=1S/C13H20N4O5/c1-8(18)21-9(2)22-13(20)11(17-12(19)3-4-14)5-10-6-15-7-16-10/h6-7,9,11H,3-5,14H2,1-2H3,(H,15,16)(H,17,19). The molecule has 0 saturated heterocycles. The van der Waals surface area contributed by atoms with Crippen LogP contribution in [0.5, 0.6) is 0 Å². The molecule has 9 heteroatoms. The Hall–Kier alpha value is -2.42. The van der Waals surface area contributed by atoms with Crippen LogP contribution in [0.2, 0.25) is 0 Å². The number of hydrogen-bond acceptors (Lipinski definition) is 7. The van der Waals surface area contributed by atoms with Gasteiger partial charge in [0.05, 0.1) is 6.33 Å². The summed E-state index contributed by atoms with van der Waals surface area (Å²) >= 11 is 0. The molecule has 0 bridgehead atoms. The Morgan fingerprint density at radius 3 is 2.68 bits per heavy atom. The summed E-state index contributed by atoms with van der Waals surface area (Å²) in [6.45, 7) is 2.78. The highest BCUT2D eigenvalue weighted by Crippen LogP contribution is 2.04. The predicted octanol–water partition coefficient (Wildman–Crippen LogP) is -0.762. The molecule has 0 aliphatic heterocycles. The number of aromatic amines is 1. The number of aromatic nitrogens is 2. The highest BCUT2D eigenvalue weighted by molar-refractivity contribution is 5.84. The zero-order valence-electron chi connectivity index (χ0n) is 12.5. The molecule has 2 atom stereocenters. The van der Waals surface area contributed by atoms with Crippen LogP contribution < -0.4 is 11.1 Å². The van der Waals surface area contributed by atoms with Crippen LogP contribution in [0.25, 0.3) is 0 Å². The largest absolute Gasteiger partial charge is 0.426 e. The van der Waals surface area contributed by atoms with Crippen LogP contribution in [0.15, 0.2) is 12.5 Å². The lowest BCUT2D eigenvalue weighted by Crippen LogP contribution is -2.45. The normalized spacial score (nSPS) is 13.0. The van der Waals surface area contributed by atoms with E-state index >= 15 is 0 Å². The number of ether oxygens (including phenoxy) is 2. The van der Waals surface area contributed by atoms with Gasteiger partial charge in [0.25, 0.3) is 0 Å².